The smallest absolute Gasteiger partial charge is 0.191 e. The number of benzene rings is 1. The second kappa shape index (κ2) is 9.89. The molecule has 0 bridgehead atoms. The van der Waals surface area contributed by atoms with E-state index in [-0.39, 0.29) is 6.10 Å². The quantitative estimate of drug-likeness (QED) is 0.573. The van der Waals surface area contributed by atoms with Crippen LogP contribution < -0.4 is 15.4 Å². The van der Waals surface area contributed by atoms with Gasteiger partial charge in [0.15, 0.2) is 5.96 Å². The summed E-state index contributed by atoms with van der Waals surface area (Å²) in [6, 6.07) is 7.90. The Morgan fingerprint density at radius 1 is 1.42 bits per heavy atom. The summed E-state index contributed by atoms with van der Waals surface area (Å²) in [6.07, 6.45) is 2.62. The van der Waals surface area contributed by atoms with Gasteiger partial charge in [-0.05, 0) is 67.3 Å². The lowest BCUT2D eigenvalue weighted by molar-refractivity contribution is 0.209. The van der Waals surface area contributed by atoms with E-state index < -0.39 is 0 Å². The number of hydrogen-bond acceptors (Lipinski definition) is 3. The molecule has 1 saturated heterocycles. The van der Waals surface area contributed by atoms with E-state index >= 15 is 0 Å². The standard InChI is InChI=1S/C18H29BrN4O/c1-14(24-17-9-5-4-8-16(17)19)11-21-18(20-2)22-12-15-7-6-10-23(3)13-15/h4-5,8-9,14-15H,6-7,10-13H2,1-3H3,(H2,20,21,22). The van der Waals surface area contributed by atoms with Crippen molar-refractivity contribution in [2.75, 3.05) is 40.3 Å². The molecule has 1 fully saturated rings. The minimum absolute atomic E-state index is 0.0445. The minimum atomic E-state index is 0.0445. The monoisotopic (exact) mass is 396 g/mol. The van der Waals surface area contributed by atoms with Gasteiger partial charge in [-0.3, -0.25) is 4.99 Å². The number of guanidine groups is 1. The molecule has 1 aromatic rings. The average Bonchev–Trinajstić information content (AvgIpc) is 2.57. The van der Waals surface area contributed by atoms with Gasteiger partial charge in [0.05, 0.1) is 11.0 Å². The first kappa shape index (κ1) is 19.1. The molecule has 1 aliphatic rings. The lowest BCUT2D eigenvalue weighted by Gasteiger charge is -2.30. The lowest BCUT2D eigenvalue weighted by Crippen LogP contribution is -2.45. The molecule has 134 valence electrons. The first-order valence-corrected chi connectivity index (χ1v) is 9.42. The predicted octanol–water partition coefficient (Wildman–Crippen LogP) is 2.72. The van der Waals surface area contributed by atoms with Crippen molar-refractivity contribution in [1.82, 2.24) is 15.5 Å². The van der Waals surface area contributed by atoms with E-state index in [4.69, 9.17) is 4.74 Å². The number of ether oxygens (including phenoxy) is 1. The Morgan fingerprint density at radius 3 is 2.92 bits per heavy atom. The van der Waals surface area contributed by atoms with Crippen LogP contribution in [0.2, 0.25) is 0 Å². The summed E-state index contributed by atoms with van der Waals surface area (Å²) < 4.78 is 6.92. The van der Waals surface area contributed by atoms with Crippen LogP contribution in [0.3, 0.4) is 0 Å². The number of hydrogen-bond donors (Lipinski definition) is 2. The second-order valence-corrected chi connectivity index (χ2v) is 7.32. The molecule has 0 saturated carbocycles. The lowest BCUT2D eigenvalue weighted by atomic mass is 9.99. The molecular formula is C18H29BrN4O. The highest BCUT2D eigenvalue weighted by molar-refractivity contribution is 9.10. The van der Waals surface area contributed by atoms with Gasteiger partial charge in [-0.15, -0.1) is 0 Å². The van der Waals surface area contributed by atoms with Gasteiger partial charge in [-0.25, -0.2) is 0 Å². The van der Waals surface area contributed by atoms with Crippen molar-refractivity contribution in [3.63, 3.8) is 0 Å². The largest absolute Gasteiger partial charge is 0.488 e. The molecule has 5 nitrogen and oxygen atoms in total. The van der Waals surface area contributed by atoms with Crippen LogP contribution >= 0.6 is 15.9 Å². The SMILES string of the molecule is CN=C(NCC1CCCN(C)C1)NCC(C)Oc1ccccc1Br. The van der Waals surface area contributed by atoms with Crippen molar-refractivity contribution in [2.24, 2.45) is 10.9 Å². The maximum absolute atomic E-state index is 5.95. The molecule has 6 heteroatoms. The molecule has 0 aliphatic carbocycles. The average molecular weight is 397 g/mol. The van der Waals surface area contributed by atoms with E-state index in [0.717, 1.165) is 29.3 Å². The Bertz CT molecular complexity index is 538. The van der Waals surface area contributed by atoms with E-state index in [1.165, 1.54) is 19.4 Å². The molecule has 0 aromatic heterocycles. The van der Waals surface area contributed by atoms with Crippen LogP contribution in [0.5, 0.6) is 5.75 Å². The first-order chi connectivity index (χ1) is 11.6. The summed E-state index contributed by atoms with van der Waals surface area (Å²) >= 11 is 3.51. The van der Waals surface area contributed by atoms with Crippen molar-refractivity contribution in [2.45, 2.75) is 25.9 Å². The third-order valence-electron chi connectivity index (χ3n) is 4.23. The fourth-order valence-corrected chi connectivity index (χ4v) is 3.32. The van der Waals surface area contributed by atoms with Gasteiger partial charge < -0.3 is 20.3 Å². The van der Waals surface area contributed by atoms with Gasteiger partial charge in [0.1, 0.15) is 11.9 Å². The molecule has 2 unspecified atom stereocenters. The molecule has 1 aliphatic heterocycles. The van der Waals surface area contributed by atoms with E-state index in [1.54, 1.807) is 0 Å². The van der Waals surface area contributed by atoms with Gasteiger partial charge in [-0.2, -0.15) is 0 Å². The normalized spacial score (nSPS) is 20.5. The molecule has 1 aromatic carbocycles. The Balaban J connectivity index is 1.71. The fourth-order valence-electron chi connectivity index (χ4n) is 2.94. The molecule has 24 heavy (non-hydrogen) atoms. The van der Waals surface area contributed by atoms with Crippen molar-refractivity contribution in [1.29, 1.82) is 0 Å². The topological polar surface area (TPSA) is 48.9 Å². The minimum Gasteiger partial charge on any atom is -0.488 e. The highest BCUT2D eigenvalue weighted by Crippen LogP contribution is 2.24. The van der Waals surface area contributed by atoms with E-state index in [0.29, 0.717) is 12.5 Å². The van der Waals surface area contributed by atoms with Crippen LogP contribution in [0, 0.1) is 5.92 Å². The van der Waals surface area contributed by atoms with Crippen LogP contribution in [0.4, 0.5) is 0 Å². The molecule has 0 radical (unpaired) electrons. The van der Waals surface area contributed by atoms with Crippen LogP contribution in [-0.4, -0.2) is 57.2 Å². The Kier molecular flexibility index (Phi) is 7.85. The number of piperidine rings is 1. The van der Waals surface area contributed by atoms with Crippen molar-refractivity contribution < 1.29 is 4.74 Å². The van der Waals surface area contributed by atoms with Gasteiger partial charge >= 0.3 is 0 Å². The Labute approximate surface area is 154 Å². The van der Waals surface area contributed by atoms with Crippen molar-refractivity contribution >= 4 is 21.9 Å². The first-order valence-electron chi connectivity index (χ1n) is 8.62. The number of para-hydroxylation sites is 1. The van der Waals surface area contributed by atoms with E-state index in [1.807, 2.05) is 31.3 Å². The highest BCUT2D eigenvalue weighted by Gasteiger charge is 2.17. The number of rotatable bonds is 6. The van der Waals surface area contributed by atoms with Gasteiger partial charge in [0, 0.05) is 20.1 Å². The molecular weight excluding hydrogens is 368 g/mol. The number of likely N-dealkylation sites (tertiary alicyclic amines) is 1. The molecule has 2 atom stereocenters. The van der Waals surface area contributed by atoms with E-state index in [2.05, 4.69) is 50.4 Å². The number of halogens is 1. The third kappa shape index (κ3) is 6.32. The Morgan fingerprint density at radius 2 is 2.21 bits per heavy atom. The maximum atomic E-state index is 5.95. The summed E-state index contributed by atoms with van der Waals surface area (Å²) in [5.74, 6) is 2.39. The number of aliphatic imine (C=N–C) groups is 1. The van der Waals surface area contributed by atoms with Crippen molar-refractivity contribution in [3.8, 4) is 5.75 Å². The molecule has 0 spiro atoms. The molecule has 2 rings (SSSR count). The zero-order chi connectivity index (χ0) is 17.4. The molecule has 2 N–H and O–H groups in total. The van der Waals surface area contributed by atoms with Crippen LogP contribution in [-0.2, 0) is 0 Å². The summed E-state index contributed by atoms with van der Waals surface area (Å²) in [6.45, 7) is 6.09. The van der Waals surface area contributed by atoms with Crippen LogP contribution in [0.15, 0.2) is 33.7 Å². The van der Waals surface area contributed by atoms with E-state index in [9.17, 15) is 0 Å². The highest BCUT2D eigenvalue weighted by atomic mass is 79.9. The summed E-state index contributed by atoms with van der Waals surface area (Å²) in [5.41, 5.74) is 0. The summed E-state index contributed by atoms with van der Waals surface area (Å²) in [7, 11) is 4.00. The molecule has 0 amide bonds. The maximum Gasteiger partial charge on any atom is 0.191 e. The fraction of sp³-hybridized carbons (Fsp3) is 0.611. The van der Waals surface area contributed by atoms with Crippen molar-refractivity contribution in [3.05, 3.63) is 28.7 Å². The zero-order valence-corrected chi connectivity index (χ0v) is 16.5. The van der Waals surface area contributed by atoms with Gasteiger partial charge in [0.25, 0.3) is 0 Å². The third-order valence-corrected chi connectivity index (χ3v) is 4.88. The van der Waals surface area contributed by atoms with Crippen LogP contribution in [0.25, 0.3) is 0 Å². The molecule has 1 heterocycles. The summed E-state index contributed by atoms with van der Waals surface area (Å²) in [5, 5.41) is 6.78. The Hall–Kier alpha value is -1.27. The number of nitrogens with zero attached hydrogens (tertiary/aromatic N) is 2. The second-order valence-electron chi connectivity index (χ2n) is 6.46. The van der Waals surface area contributed by atoms with Gasteiger partial charge in [0.2, 0.25) is 0 Å². The van der Waals surface area contributed by atoms with Crippen LogP contribution in [0.1, 0.15) is 19.8 Å². The summed E-state index contributed by atoms with van der Waals surface area (Å²) in [4.78, 5) is 6.71. The predicted molar refractivity (Wildman–Crippen MR) is 104 cm³/mol. The number of nitrogens with one attached hydrogen (secondary N) is 2. The van der Waals surface area contributed by atoms with Gasteiger partial charge in [-0.1, -0.05) is 12.1 Å². The zero-order valence-electron chi connectivity index (χ0n) is 14.9.